The number of thiophene rings is 1. The van der Waals surface area contributed by atoms with E-state index in [2.05, 4.69) is 38.3 Å². The smallest absolute Gasteiger partial charge is 0.433 e. The van der Waals surface area contributed by atoms with Gasteiger partial charge in [0.15, 0.2) is 5.76 Å². The predicted molar refractivity (Wildman–Crippen MR) is 102 cm³/mol. The van der Waals surface area contributed by atoms with E-state index in [-0.39, 0.29) is 16.8 Å². The number of nitro groups is 1. The third kappa shape index (κ3) is 3.52. The average molecular weight is 408 g/mol. The maximum atomic E-state index is 12.5. The molecule has 0 fully saturated rings. The van der Waals surface area contributed by atoms with E-state index in [9.17, 15) is 19.7 Å². The van der Waals surface area contributed by atoms with Gasteiger partial charge >= 0.3 is 11.9 Å². The monoisotopic (exact) mass is 408 g/mol. The highest BCUT2D eigenvalue weighted by atomic mass is 32.1. The molecule has 150 valence electrons. The lowest BCUT2D eigenvalue weighted by Crippen LogP contribution is -3.03. The molecule has 28 heavy (non-hydrogen) atoms. The van der Waals surface area contributed by atoms with Gasteiger partial charge in [-0.3, -0.25) is 14.9 Å². The fourth-order valence-corrected chi connectivity index (χ4v) is 5.10. The number of hydrogen-bond donors (Lipinski definition) is 2. The molecule has 0 saturated carbocycles. The summed E-state index contributed by atoms with van der Waals surface area (Å²) in [7, 11) is 1.29. The molecule has 2 aromatic rings. The van der Waals surface area contributed by atoms with Crippen LogP contribution >= 0.6 is 11.3 Å². The van der Waals surface area contributed by atoms with Crippen molar-refractivity contribution in [3.63, 3.8) is 0 Å². The van der Waals surface area contributed by atoms with Gasteiger partial charge in [0.2, 0.25) is 0 Å². The first-order chi connectivity index (χ1) is 12.9. The summed E-state index contributed by atoms with van der Waals surface area (Å²) in [6.45, 7) is 8.31. The van der Waals surface area contributed by atoms with Crippen LogP contribution in [0.15, 0.2) is 16.5 Å². The highest BCUT2D eigenvalue weighted by molar-refractivity contribution is 7.17. The minimum absolute atomic E-state index is 0.136. The molecule has 3 rings (SSSR count). The van der Waals surface area contributed by atoms with E-state index in [0.29, 0.717) is 17.0 Å². The van der Waals surface area contributed by atoms with Gasteiger partial charge < -0.3 is 19.8 Å². The summed E-state index contributed by atoms with van der Waals surface area (Å²) in [6.07, 6.45) is 0.634. The molecule has 0 aliphatic carbocycles. The highest BCUT2D eigenvalue weighted by Crippen LogP contribution is 2.42. The fourth-order valence-electron chi connectivity index (χ4n) is 3.82. The van der Waals surface area contributed by atoms with Gasteiger partial charge in [0.25, 0.3) is 5.91 Å². The van der Waals surface area contributed by atoms with Gasteiger partial charge in [-0.05, 0) is 39.3 Å². The molecule has 0 radical (unpaired) electrons. The topological polar surface area (TPSA) is 128 Å². The molecule has 1 amide bonds. The lowest BCUT2D eigenvalue weighted by Gasteiger charge is -2.38. The molecule has 1 aliphatic heterocycles. The second-order valence-corrected chi connectivity index (χ2v) is 9.01. The first-order valence-electron chi connectivity index (χ1n) is 8.62. The summed E-state index contributed by atoms with van der Waals surface area (Å²) < 4.78 is 9.91. The number of fused-ring (bicyclic) bond motifs is 1. The fraction of sp³-hybridized carbons (Fsp3) is 0.444. The molecule has 0 spiro atoms. The van der Waals surface area contributed by atoms with Gasteiger partial charge in [-0.2, -0.15) is 0 Å². The molecule has 10 heteroatoms. The van der Waals surface area contributed by atoms with Gasteiger partial charge in [-0.15, -0.1) is 11.3 Å². The first kappa shape index (κ1) is 20.0. The van der Waals surface area contributed by atoms with Crippen LogP contribution in [0.1, 0.15) is 59.0 Å². The maximum absolute atomic E-state index is 12.5. The minimum atomic E-state index is -0.721. The molecule has 0 unspecified atom stereocenters. The van der Waals surface area contributed by atoms with Crippen molar-refractivity contribution in [1.29, 1.82) is 0 Å². The van der Waals surface area contributed by atoms with Gasteiger partial charge in [-0.1, -0.05) is 0 Å². The molecule has 3 N–H and O–H groups in total. The number of quaternary nitrogens is 1. The highest BCUT2D eigenvalue weighted by Gasteiger charge is 2.45. The Bertz CT molecular complexity index is 972. The van der Waals surface area contributed by atoms with Crippen LogP contribution in [-0.4, -0.2) is 29.4 Å². The summed E-state index contributed by atoms with van der Waals surface area (Å²) in [6, 6.07) is 2.33. The number of carbonyl (C=O) groups is 2. The Hall–Kier alpha value is -2.72. The van der Waals surface area contributed by atoms with Crippen molar-refractivity contribution in [1.82, 2.24) is 0 Å². The summed E-state index contributed by atoms with van der Waals surface area (Å²) in [5, 5.41) is 16.0. The van der Waals surface area contributed by atoms with Crippen molar-refractivity contribution < 1.29 is 29.0 Å². The average Bonchev–Trinajstić information content (AvgIpc) is 3.18. The third-order valence-electron chi connectivity index (χ3n) is 4.59. The van der Waals surface area contributed by atoms with Crippen molar-refractivity contribution in [2.45, 2.75) is 45.2 Å². The molecule has 1 aliphatic rings. The number of nitrogens with zero attached hydrogens (tertiary/aromatic N) is 1. The lowest BCUT2D eigenvalue weighted by molar-refractivity contribution is -0.789. The lowest BCUT2D eigenvalue weighted by atomic mass is 9.81. The van der Waals surface area contributed by atoms with Crippen molar-refractivity contribution >= 4 is 34.1 Å². The number of carbonyl (C=O) groups excluding carboxylic acids is 2. The van der Waals surface area contributed by atoms with Gasteiger partial charge in [0, 0.05) is 6.42 Å². The Morgan fingerprint density at radius 3 is 2.57 bits per heavy atom. The van der Waals surface area contributed by atoms with Crippen molar-refractivity contribution in [2.24, 2.45) is 0 Å². The quantitative estimate of drug-likeness (QED) is 0.454. The Balaban J connectivity index is 2.03. The molecule has 9 nitrogen and oxygen atoms in total. The summed E-state index contributed by atoms with van der Waals surface area (Å²) in [5.74, 6) is -1.94. The minimum Gasteiger partial charge on any atom is -0.465 e. The van der Waals surface area contributed by atoms with Crippen LogP contribution in [0.3, 0.4) is 0 Å². The Kier molecular flexibility index (Phi) is 4.80. The van der Waals surface area contributed by atoms with E-state index in [1.165, 1.54) is 24.5 Å². The van der Waals surface area contributed by atoms with Gasteiger partial charge in [-0.25, -0.2) is 4.79 Å². The molecule has 0 bridgehead atoms. The molecular weight excluding hydrogens is 386 g/mol. The number of esters is 1. The summed E-state index contributed by atoms with van der Waals surface area (Å²) in [5.41, 5.74) is 0.751. The van der Waals surface area contributed by atoms with E-state index in [4.69, 9.17) is 9.15 Å². The summed E-state index contributed by atoms with van der Waals surface area (Å²) in [4.78, 5) is 36.1. The van der Waals surface area contributed by atoms with Crippen molar-refractivity contribution in [2.75, 3.05) is 12.4 Å². The van der Waals surface area contributed by atoms with E-state index in [1.807, 2.05) is 0 Å². The number of nitrogens with two attached hydrogens (primary N) is 1. The normalized spacial score (nSPS) is 16.9. The SMILES string of the molecule is COC(=O)c1c(NC(=O)c2ccc([N+](=O)[O-])o2)sc2c1CC(C)(C)[NH2+]C2(C)C. The van der Waals surface area contributed by atoms with Crippen LogP contribution in [0.2, 0.25) is 0 Å². The third-order valence-corrected chi connectivity index (χ3v) is 6.08. The molecule has 0 aromatic carbocycles. The van der Waals surface area contributed by atoms with E-state index in [0.717, 1.165) is 16.5 Å². The van der Waals surface area contributed by atoms with E-state index >= 15 is 0 Å². The largest absolute Gasteiger partial charge is 0.465 e. The Morgan fingerprint density at radius 2 is 2.00 bits per heavy atom. The summed E-state index contributed by atoms with van der Waals surface area (Å²) >= 11 is 1.31. The van der Waals surface area contributed by atoms with Crippen LogP contribution in [0.25, 0.3) is 0 Å². The van der Waals surface area contributed by atoms with Gasteiger partial charge in [0.1, 0.15) is 15.5 Å². The van der Waals surface area contributed by atoms with Crippen LogP contribution in [0, 0.1) is 10.1 Å². The Labute approximate surface area is 165 Å². The Morgan fingerprint density at radius 1 is 1.32 bits per heavy atom. The number of hydrogen-bond acceptors (Lipinski definition) is 7. The molecular formula is C18H22N3O6S+. The van der Waals surface area contributed by atoms with Crippen LogP contribution < -0.4 is 10.6 Å². The number of furan rings is 1. The molecule has 3 heterocycles. The zero-order chi connectivity index (χ0) is 20.9. The number of anilines is 1. The van der Waals surface area contributed by atoms with E-state index in [1.54, 1.807) is 0 Å². The predicted octanol–water partition coefficient (Wildman–Crippen LogP) is 2.42. The van der Waals surface area contributed by atoms with Crippen LogP contribution in [-0.2, 0) is 16.7 Å². The molecule has 0 saturated heterocycles. The second-order valence-electron chi connectivity index (χ2n) is 7.99. The zero-order valence-electron chi connectivity index (χ0n) is 16.2. The number of nitrogens with one attached hydrogen (secondary N) is 1. The van der Waals surface area contributed by atoms with Gasteiger partial charge in [0.05, 0.1) is 29.2 Å². The van der Waals surface area contributed by atoms with Crippen LogP contribution in [0.4, 0.5) is 10.9 Å². The van der Waals surface area contributed by atoms with Crippen LogP contribution in [0.5, 0.6) is 0 Å². The number of amides is 1. The number of ether oxygens (including phenoxy) is 1. The molecule has 2 aromatic heterocycles. The van der Waals surface area contributed by atoms with E-state index < -0.39 is 22.7 Å². The number of methoxy groups -OCH3 is 1. The molecule has 0 atom stereocenters. The van der Waals surface area contributed by atoms with Crippen molar-refractivity contribution in [3.8, 4) is 0 Å². The number of rotatable bonds is 4. The van der Waals surface area contributed by atoms with Crippen molar-refractivity contribution in [3.05, 3.63) is 44.0 Å². The first-order valence-corrected chi connectivity index (χ1v) is 9.44. The second kappa shape index (κ2) is 6.71. The standard InChI is InChI=1S/C18H21N3O6S/c1-17(2)8-9-12(16(23)26-5)15(28-13(9)18(3,4)20-17)19-14(22)10-6-7-11(27-10)21(24)25/h6-7,20H,8H2,1-5H3,(H,19,22)/p+1. The maximum Gasteiger partial charge on any atom is 0.433 e. The zero-order valence-corrected chi connectivity index (χ0v) is 17.1.